The van der Waals surface area contributed by atoms with Crippen molar-refractivity contribution in [3.8, 4) is 5.75 Å². The van der Waals surface area contributed by atoms with Gasteiger partial charge in [-0.15, -0.1) is 0 Å². The van der Waals surface area contributed by atoms with Crippen LogP contribution in [0.1, 0.15) is 49.8 Å². The number of hydrogen-bond donors (Lipinski definition) is 1. The maximum absolute atomic E-state index is 13.2. The van der Waals surface area contributed by atoms with E-state index in [1.807, 2.05) is 63.2 Å². The number of carbonyl (C=O) groups excluding carboxylic acids is 2. The van der Waals surface area contributed by atoms with Gasteiger partial charge in [-0.05, 0) is 61.9 Å². The van der Waals surface area contributed by atoms with Crippen LogP contribution in [0.25, 0.3) is 0 Å². The fourth-order valence-corrected chi connectivity index (χ4v) is 3.65. The van der Waals surface area contributed by atoms with Crippen LogP contribution in [0, 0.1) is 13.8 Å². The van der Waals surface area contributed by atoms with Crippen molar-refractivity contribution in [2.24, 2.45) is 0 Å². The maximum atomic E-state index is 13.2. The zero-order chi connectivity index (χ0) is 22.6. The van der Waals surface area contributed by atoms with Crippen LogP contribution in [0.2, 0.25) is 0 Å². The first-order chi connectivity index (χ1) is 14.9. The third kappa shape index (κ3) is 8.08. The van der Waals surface area contributed by atoms with Crippen molar-refractivity contribution in [1.29, 1.82) is 0 Å². The molecule has 1 N–H and O–H groups in total. The number of carbonyl (C=O) groups is 2. The lowest BCUT2D eigenvalue weighted by molar-refractivity contribution is -0.142. The highest BCUT2D eigenvalue weighted by molar-refractivity contribution is 5.88. The quantitative estimate of drug-likeness (QED) is 0.512. The highest BCUT2D eigenvalue weighted by atomic mass is 16.5. The fourth-order valence-electron chi connectivity index (χ4n) is 3.65. The smallest absolute Gasteiger partial charge is 0.261 e. The number of nitrogens with zero attached hydrogens (tertiary/aromatic N) is 1. The molecule has 5 nitrogen and oxygen atoms in total. The summed E-state index contributed by atoms with van der Waals surface area (Å²) in [5.74, 6) is 0.408. The van der Waals surface area contributed by atoms with Crippen molar-refractivity contribution in [3.05, 3.63) is 65.2 Å². The first-order valence-electron chi connectivity index (χ1n) is 11.3. The van der Waals surface area contributed by atoms with E-state index in [1.165, 1.54) is 0 Å². The number of nitrogens with one attached hydrogen (secondary N) is 1. The number of ether oxygens (including phenoxy) is 1. The molecule has 168 valence electrons. The molecule has 0 aliphatic rings. The molecule has 0 aromatic heterocycles. The molecule has 0 saturated heterocycles. The summed E-state index contributed by atoms with van der Waals surface area (Å²) in [4.78, 5) is 27.7. The lowest BCUT2D eigenvalue weighted by Crippen LogP contribution is -2.51. The van der Waals surface area contributed by atoms with Gasteiger partial charge in [-0.1, -0.05) is 56.7 Å². The van der Waals surface area contributed by atoms with Crippen molar-refractivity contribution < 1.29 is 14.3 Å². The molecule has 0 radical (unpaired) electrons. The van der Waals surface area contributed by atoms with Crippen molar-refractivity contribution in [3.63, 3.8) is 0 Å². The highest BCUT2D eigenvalue weighted by Gasteiger charge is 2.28. The molecule has 0 aliphatic heterocycles. The average Bonchev–Trinajstić information content (AvgIpc) is 2.75. The molecule has 5 heteroatoms. The Kier molecular flexibility index (Phi) is 10.1. The van der Waals surface area contributed by atoms with Gasteiger partial charge in [0.15, 0.2) is 6.61 Å². The minimum Gasteiger partial charge on any atom is -0.484 e. The number of rotatable bonds is 12. The van der Waals surface area contributed by atoms with Gasteiger partial charge in [-0.25, -0.2) is 0 Å². The number of aryl methyl sites for hydroxylation is 2. The Labute approximate surface area is 186 Å². The predicted molar refractivity (Wildman–Crippen MR) is 125 cm³/mol. The second-order valence-corrected chi connectivity index (χ2v) is 8.00. The van der Waals surface area contributed by atoms with Gasteiger partial charge in [0.2, 0.25) is 5.91 Å². The Hall–Kier alpha value is -2.82. The van der Waals surface area contributed by atoms with Gasteiger partial charge >= 0.3 is 0 Å². The minimum atomic E-state index is -0.504. The molecule has 2 aromatic carbocycles. The molecule has 0 unspecified atom stereocenters. The summed E-state index contributed by atoms with van der Waals surface area (Å²) in [5.41, 5.74) is 3.31. The average molecular weight is 425 g/mol. The van der Waals surface area contributed by atoms with E-state index < -0.39 is 6.04 Å². The monoisotopic (exact) mass is 424 g/mol. The fraction of sp³-hybridized carbons (Fsp3) is 0.462. The summed E-state index contributed by atoms with van der Waals surface area (Å²) in [5, 5.41) is 2.98. The van der Waals surface area contributed by atoms with Crippen LogP contribution >= 0.6 is 0 Å². The maximum Gasteiger partial charge on any atom is 0.261 e. The number of hydrogen-bond acceptors (Lipinski definition) is 3. The van der Waals surface area contributed by atoms with Gasteiger partial charge in [0.1, 0.15) is 11.8 Å². The van der Waals surface area contributed by atoms with E-state index in [9.17, 15) is 9.59 Å². The molecular formula is C26H36N2O3. The number of amides is 2. The third-order valence-corrected chi connectivity index (χ3v) is 5.26. The van der Waals surface area contributed by atoms with Gasteiger partial charge in [-0.2, -0.15) is 0 Å². The Balaban J connectivity index is 2.11. The zero-order valence-corrected chi connectivity index (χ0v) is 19.3. The van der Waals surface area contributed by atoms with Crippen LogP contribution < -0.4 is 10.1 Å². The van der Waals surface area contributed by atoms with E-state index in [-0.39, 0.29) is 18.4 Å². The topological polar surface area (TPSA) is 58.6 Å². The van der Waals surface area contributed by atoms with Crippen LogP contribution in [-0.2, 0) is 16.0 Å². The van der Waals surface area contributed by atoms with E-state index in [4.69, 9.17) is 4.74 Å². The second kappa shape index (κ2) is 12.8. The summed E-state index contributed by atoms with van der Waals surface area (Å²) in [6.45, 7) is 9.05. The summed E-state index contributed by atoms with van der Waals surface area (Å²) >= 11 is 0. The molecule has 0 bridgehead atoms. The summed E-state index contributed by atoms with van der Waals surface area (Å²) < 4.78 is 5.81. The van der Waals surface area contributed by atoms with Gasteiger partial charge in [0.05, 0.1) is 0 Å². The van der Waals surface area contributed by atoms with Crippen LogP contribution in [0.15, 0.2) is 48.5 Å². The SMILES string of the molecule is CCCCNC(=O)[C@@H](CC)N(CCc1ccccc1)C(=O)COc1cc(C)cc(C)c1. The van der Waals surface area contributed by atoms with Crippen LogP contribution in [0.4, 0.5) is 0 Å². The van der Waals surface area contributed by atoms with E-state index in [2.05, 4.69) is 18.3 Å². The molecule has 2 aromatic rings. The first-order valence-corrected chi connectivity index (χ1v) is 11.3. The van der Waals surface area contributed by atoms with E-state index in [0.29, 0.717) is 31.7 Å². The molecule has 0 saturated carbocycles. The Morgan fingerprint density at radius 2 is 1.71 bits per heavy atom. The molecule has 31 heavy (non-hydrogen) atoms. The Morgan fingerprint density at radius 3 is 2.32 bits per heavy atom. The van der Waals surface area contributed by atoms with Gasteiger partial charge in [0.25, 0.3) is 5.91 Å². The van der Waals surface area contributed by atoms with Crippen molar-refractivity contribution >= 4 is 11.8 Å². The molecule has 1 atom stereocenters. The molecule has 0 heterocycles. The summed E-state index contributed by atoms with van der Waals surface area (Å²) in [6, 6.07) is 15.4. The van der Waals surface area contributed by atoms with Crippen LogP contribution in [0.3, 0.4) is 0 Å². The largest absolute Gasteiger partial charge is 0.484 e. The summed E-state index contributed by atoms with van der Waals surface area (Å²) in [6.07, 6.45) is 3.18. The van der Waals surface area contributed by atoms with E-state index >= 15 is 0 Å². The van der Waals surface area contributed by atoms with Crippen LogP contribution in [-0.4, -0.2) is 42.5 Å². The highest BCUT2D eigenvalue weighted by Crippen LogP contribution is 2.17. The third-order valence-electron chi connectivity index (χ3n) is 5.26. The molecule has 0 aliphatic carbocycles. The minimum absolute atomic E-state index is 0.0869. The molecule has 2 amide bonds. The first kappa shape index (κ1) is 24.4. The molecule has 0 fully saturated rings. The molecule has 0 spiro atoms. The lowest BCUT2D eigenvalue weighted by atomic mass is 10.1. The standard InChI is InChI=1S/C26H36N2O3/c1-5-7-14-27-26(30)24(6-2)28(15-13-22-11-9-8-10-12-22)25(29)19-31-23-17-20(3)16-21(4)18-23/h8-12,16-18,24H,5-7,13-15,19H2,1-4H3,(H,27,30)/t24-/m1/s1. The van der Waals surface area contributed by atoms with Gasteiger partial charge < -0.3 is 15.0 Å². The number of unbranched alkanes of at least 4 members (excludes halogenated alkanes) is 1. The Bertz CT molecular complexity index is 816. The van der Waals surface area contributed by atoms with E-state index in [1.54, 1.807) is 4.90 Å². The van der Waals surface area contributed by atoms with Crippen molar-refractivity contribution in [1.82, 2.24) is 10.2 Å². The second-order valence-electron chi connectivity index (χ2n) is 8.00. The van der Waals surface area contributed by atoms with E-state index in [0.717, 1.165) is 29.5 Å². The lowest BCUT2D eigenvalue weighted by Gasteiger charge is -2.30. The summed E-state index contributed by atoms with van der Waals surface area (Å²) in [7, 11) is 0. The molecular weight excluding hydrogens is 388 g/mol. The predicted octanol–water partition coefficient (Wildman–Crippen LogP) is 4.45. The van der Waals surface area contributed by atoms with Crippen LogP contribution in [0.5, 0.6) is 5.75 Å². The molecule has 2 rings (SSSR count). The van der Waals surface area contributed by atoms with Crippen molar-refractivity contribution in [2.45, 2.75) is 59.4 Å². The zero-order valence-electron chi connectivity index (χ0n) is 19.3. The number of benzene rings is 2. The van der Waals surface area contributed by atoms with Crippen molar-refractivity contribution in [2.75, 3.05) is 19.7 Å². The Morgan fingerprint density at radius 1 is 1.03 bits per heavy atom. The normalized spacial score (nSPS) is 11.6. The van der Waals surface area contributed by atoms with Gasteiger partial charge in [-0.3, -0.25) is 9.59 Å². The van der Waals surface area contributed by atoms with Gasteiger partial charge in [0, 0.05) is 13.1 Å².